The first-order valence-electron chi connectivity index (χ1n) is 9.67. The standard InChI is InChI=1S/C22H24N2O6/c1-8-4-5-13(25)15-9(2)14-10(6-11(8)15)7-12-17(24-3)18(26)16(21(23)29)20(28)22(12,30)19(14)27/h4-5,10,12,17,24-25,27-28,30H,2,6-7H2,1,3H3,(H2,23,29)/t10?,12?,17-,22-/m0/s1. The van der Waals surface area contributed by atoms with Gasteiger partial charge >= 0.3 is 0 Å². The molecule has 2 unspecified atom stereocenters. The van der Waals surface area contributed by atoms with Crippen molar-refractivity contribution in [2.45, 2.75) is 31.4 Å². The Balaban J connectivity index is 2.00. The van der Waals surface area contributed by atoms with Crippen LogP contribution in [0.25, 0.3) is 5.57 Å². The van der Waals surface area contributed by atoms with Gasteiger partial charge in [-0.05, 0) is 55.5 Å². The highest BCUT2D eigenvalue weighted by Gasteiger charge is 2.61. The van der Waals surface area contributed by atoms with Crippen molar-refractivity contribution in [2.75, 3.05) is 7.05 Å². The number of hydrogen-bond donors (Lipinski definition) is 6. The van der Waals surface area contributed by atoms with Gasteiger partial charge in [0.05, 0.1) is 6.04 Å². The van der Waals surface area contributed by atoms with Crippen molar-refractivity contribution >= 4 is 17.3 Å². The van der Waals surface area contributed by atoms with E-state index in [9.17, 15) is 30.0 Å². The molecule has 0 spiro atoms. The summed E-state index contributed by atoms with van der Waals surface area (Å²) in [5.41, 5.74) is 5.11. The molecular weight excluding hydrogens is 388 g/mol. The Morgan fingerprint density at radius 1 is 1.27 bits per heavy atom. The predicted molar refractivity (Wildman–Crippen MR) is 108 cm³/mol. The van der Waals surface area contributed by atoms with Crippen LogP contribution >= 0.6 is 0 Å². The number of nitrogens with two attached hydrogens (primary N) is 1. The molecule has 3 aliphatic rings. The summed E-state index contributed by atoms with van der Waals surface area (Å²) in [4.78, 5) is 24.6. The quantitative estimate of drug-likeness (QED) is 0.395. The molecule has 1 aromatic rings. The SMILES string of the molecule is C=C1C2=C(O)[C@]3(O)C(O)=C(C(N)=O)C(=O)[C@@H](NC)C3CC2Cc2c(C)ccc(O)c21. The summed E-state index contributed by atoms with van der Waals surface area (Å²) in [6.45, 7) is 5.94. The molecule has 7 N–H and O–H groups in total. The lowest BCUT2D eigenvalue weighted by Crippen LogP contribution is -2.62. The van der Waals surface area contributed by atoms with Crippen LogP contribution < -0.4 is 11.1 Å². The van der Waals surface area contributed by atoms with Gasteiger partial charge in [0.2, 0.25) is 0 Å². The molecule has 0 heterocycles. The Morgan fingerprint density at radius 3 is 2.53 bits per heavy atom. The van der Waals surface area contributed by atoms with Crippen molar-refractivity contribution in [3.05, 3.63) is 58.1 Å². The van der Waals surface area contributed by atoms with Gasteiger partial charge < -0.3 is 31.5 Å². The second-order valence-electron chi connectivity index (χ2n) is 8.22. The minimum absolute atomic E-state index is 0.00187. The summed E-state index contributed by atoms with van der Waals surface area (Å²) in [6, 6.07) is 2.30. The van der Waals surface area contributed by atoms with E-state index in [-0.39, 0.29) is 18.1 Å². The molecule has 0 fully saturated rings. The number of Topliss-reactive ketones (excluding diaryl/α,β-unsaturated/α-hetero) is 1. The Hall–Kier alpha value is -3.10. The number of nitrogens with one attached hydrogen (secondary N) is 1. The number of rotatable bonds is 2. The second-order valence-corrected chi connectivity index (χ2v) is 8.22. The van der Waals surface area contributed by atoms with Crippen molar-refractivity contribution < 1.29 is 30.0 Å². The fourth-order valence-corrected chi connectivity index (χ4v) is 5.35. The highest BCUT2D eigenvalue weighted by molar-refractivity contribution is 6.22. The molecular formula is C22H24N2O6. The lowest BCUT2D eigenvalue weighted by molar-refractivity contribution is -0.131. The Bertz CT molecular complexity index is 1090. The zero-order valence-corrected chi connectivity index (χ0v) is 16.7. The van der Waals surface area contributed by atoms with Gasteiger partial charge in [-0.25, -0.2) is 0 Å². The van der Waals surface area contributed by atoms with E-state index in [1.54, 1.807) is 6.07 Å². The van der Waals surface area contributed by atoms with Gasteiger partial charge in [0.1, 0.15) is 22.8 Å². The number of aromatic hydroxyl groups is 1. The first-order chi connectivity index (χ1) is 14.0. The number of aliphatic hydroxyl groups excluding tert-OH is 2. The highest BCUT2D eigenvalue weighted by Crippen LogP contribution is 2.55. The van der Waals surface area contributed by atoms with Crippen LogP contribution in [0.15, 0.2) is 41.4 Å². The van der Waals surface area contributed by atoms with Gasteiger partial charge in [-0.2, -0.15) is 0 Å². The van der Waals surface area contributed by atoms with Crippen LogP contribution in [-0.4, -0.2) is 50.8 Å². The molecule has 0 radical (unpaired) electrons. The summed E-state index contributed by atoms with van der Waals surface area (Å²) in [6.07, 6.45) is 0.690. The van der Waals surface area contributed by atoms with Crippen LogP contribution in [-0.2, 0) is 16.0 Å². The number of phenols is 1. The van der Waals surface area contributed by atoms with E-state index in [1.165, 1.54) is 13.1 Å². The van der Waals surface area contributed by atoms with Crippen LogP contribution in [0.1, 0.15) is 23.1 Å². The molecule has 4 atom stereocenters. The van der Waals surface area contributed by atoms with Gasteiger partial charge in [-0.1, -0.05) is 12.6 Å². The molecule has 4 rings (SSSR count). The van der Waals surface area contributed by atoms with Gasteiger partial charge in [0.15, 0.2) is 11.4 Å². The van der Waals surface area contributed by atoms with E-state index in [1.807, 2.05) is 6.92 Å². The third-order valence-corrected chi connectivity index (χ3v) is 6.79. The van der Waals surface area contributed by atoms with Gasteiger partial charge in [-0.15, -0.1) is 0 Å². The molecule has 8 heteroatoms. The van der Waals surface area contributed by atoms with Crippen molar-refractivity contribution in [1.82, 2.24) is 5.32 Å². The summed E-state index contributed by atoms with van der Waals surface area (Å²) < 4.78 is 0. The fourth-order valence-electron chi connectivity index (χ4n) is 5.35. The number of carbonyl (C=O) groups excluding carboxylic acids is 2. The van der Waals surface area contributed by atoms with E-state index >= 15 is 0 Å². The van der Waals surface area contributed by atoms with Gasteiger partial charge in [0, 0.05) is 17.1 Å². The topological polar surface area (TPSA) is 153 Å². The highest BCUT2D eigenvalue weighted by atomic mass is 16.4. The minimum Gasteiger partial charge on any atom is -0.508 e. The molecule has 1 aromatic carbocycles. The number of phenolic OH excluding ortho intramolecular Hbond substituents is 1. The number of likely N-dealkylation sites (N-methyl/N-ethyl adjacent to an activating group) is 1. The van der Waals surface area contributed by atoms with Gasteiger partial charge in [0.25, 0.3) is 5.91 Å². The number of carbonyl (C=O) groups is 2. The fraction of sp³-hybridized carbons (Fsp3) is 0.364. The number of ketones is 1. The van der Waals surface area contributed by atoms with Crippen LogP contribution in [0.5, 0.6) is 5.75 Å². The zero-order chi connectivity index (χ0) is 22.1. The van der Waals surface area contributed by atoms with E-state index in [2.05, 4.69) is 11.9 Å². The predicted octanol–water partition coefficient (Wildman–Crippen LogP) is 0.917. The average Bonchev–Trinajstić information content (AvgIpc) is 2.67. The summed E-state index contributed by atoms with van der Waals surface area (Å²) >= 11 is 0. The molecule has 1 amide bonds. The maximum atomic E-state index is 12.8. The molecule has 0 bridgehead atoms. The minimum atomic E-state index is -2.38. The summed E-state index contributed by atoms with van der Waals surface area (Å²) in [5, 5.41) is 46.6. The molecule has 3 aliphatic carbocycles. The van der Waals surface area contributed by atoms with Crippen molar-refractivity contribution in [2.24, 2.45) is 17.6 Å². The third kappa shape index (κ3) is 2.34. The normalized spacial score (nSPS) is 30.7. The van der Waals surface area contributed by atoms with Crippen LogP contribution in [0, 0.1) is 18.8 Å². The molecule has 0 saturated heterocycles. The van der Waals surface area contributed by atoms with Crippen LogP contribution in [0.2, 0.25) is 0 Å². The smallest absolute Gasteiger partial charge is 0.255 e. The number of benzene rings is 1. The first kappa shape index (κ1) is 20.2. The van der Waals surface area contributed by atoms with E-state index < -0.39 is 46.3 Å². The molecule has 8 nitrogen and oxygen atoms in total. The number of hydrogen-bond acceptors (Lipinski definition) is 7. The number of allylic oxidation sites excluding steroid dienone is 2. The monoisotopic (exact) mass is 412 g/mol. The number of fused-ring (bicyclic) bond motifs is 3. The molecule has 30 heavy (non-hydrogen) atoms. The maximum absolute atomic E-state index is 12.8. The van der Waals surface area contributed by atoms with Crippen molar-refractivity contribution in [3.8, 4) is 5.75 Å². The van der Waals surface area contributed by atoms with E-state index in [4.69, 9.17) is 5.73 Å². The number of aliphatic hydroxyl groups is 3. The van der Waals surface area contributed by atoms with E-state index in [0.717, 1.165) is 11.1 Å². The van der Waals surface area contributed by atoms with Gasteiger partial charge in [-0.3, -0.25) is 9.59 Å². The van der Waals surface area contributed by atoms with E-state index in [0.29, 0.717) is 23.1 Å². The number of primary amides is 1. The Morgan fingerprint density at radius 2 is 1.93 bits per heavy atom. The largest absolute Gasteiger partial charge is 0.508 e. The molecule has 158 valence electrons. The van der Waals surface area contributed by atoms with Crippen LogP contribution in [0.3, 0.4) is 0 Å². The molecule has 0 aliphatic heterocycles. The van der Waals surface area contributed by atoms with Crippen LogP contribution in [0.4, 0.5) is 0 Å². The third-order valence-electron chi connectivity index (χ3n) is 6.79. The zero-order valence-electron chi connectivity index (χ0n) is 16.7. The summed E-state index contributed by atoms with van der Waals surface area (Å²) in [5.74, 6) is -4.68. The lowest BCUT2D eigenvalue weighted by atomic mass is 9.58. The van der Waals surface area contributed by atoms with Crippen molar-refractivity contribution in [1.29, 1.82) is 0 Å². The maximum Gasteiger partial charge on any atom is 0.255 e. The summed E-state index contributed by atoms with van der Waals surface area (Å²) in [7, 11) is 1.50. The number of aryl methyl sites for hydroxylation is 1. The Labute approximate surface area is 173 Å². The molecule has 0 aromatic heterocycles. The first-order valence-corrected chi connectivity index (χ1v) is 9.67. The lowest BCUT2D eigenvalue weighted by Gasteiger charge is -2.49. The second kappa shape index (κ2) is 6.45. The van der Waals surface area contributed by atoms with Crippen molar-refractivity contribution in [3.63, 3.8) is 0 Å². The Kier molecular flexibility index (Phi) is 4.34. The average molecular weight is 412 g/mol. The molecule has 0 saturated carbocycles. The number of amides is 1.